The van der Waals surface area contributed by atoms with Crippen LogP contribution in [0.5, 0.6) is 0 Å². The molecule has 2 N–H and O–H groups in total. The minimum absolute atomic E-state index is 0.448. The van der Waals surface area contributed by atoms with Crippen LogP contribution in [0.2, 0.25) is 0 Å². The molecule has 3 nitrogen and oxygen atoms in total. The monoisotopic (exact) mass is 172 g/mol. The first-order valence-electron chi connectivity index (χ1n) is 3.55. The predicted molar refractivity (Wildman–Crippen MR) is 45.6 cm³/mol. The van der Waals surface area contributed by atoms with E-state index in [1.165, 1.54) is 0 Å². The molecule has 1 heterocycles. The van der Waals surface area contributed by atoms with Crippen LogP contribution in [0, 0.1) is 0 Å². The highest BCUT2D eigenvalue weighted by Crippen LogP contribution is 2.16. The summed E-state index contributed by atoms with van der Waals surface area (Å²) in [5.41, 5.74) is 0. The van der Waals surface area contributed by atoms with Crippen molar-refractivity contribution in [3.05, 3.63) is 12.0 Å². The Morgan fingerprint density at radius 3 is 3.00 bits per heavy atom. The van der Waals surface area contributed by atoms with E-state index in [2.05, 4.69) is 9.97 Å². The molecule has 1 rings (SSSR count). The van der Waals surface area contributed by atoms with E-state index in [0.717, 1.165) is 5.03 Å². The molecule has 0 amide bonds. The Kier molecular flexibility index (Phi) is 2.96. The SMILES string of the molecule is CCC(O)c1ncc(SC)[nH]1. The lowest BCUT2D eigenvalue weighted by molar-refractivity contribution is 0.164. The molecule has 0 bridgehead atoms. The summed E-state index contributed by atoms with van der Waals surface area (Å²) >= 11 is 1.59. The molecule has 1 aromatic rings. The third-order valence-corrected chi connectivity index (χ3v) is 2.14. The summed E-state index contributed by atoms with van der Waals surface area (Å²) in [6, 6.07) is 0. The van der Waals surface area contributed by atoms with E-state index in [0.29, 0.717) is 12.2 Å². The van der Waals surface area contributed by atoms with Crippen LogP contribution in [0.1, 0.15) is 25.3 Å². The number of aromatic nitrogens is 2. The summed E-state index contributed by atoms with van der Waals surface area (Å²) in [4.78, 5) is 7.05. The first-order chi connectivity index (χ1) is 5.27. The van der Waals surface area contributed by atoms with Crippen LogP contribution in [-0.2, 0) is 0 Å². The number of thioether (sulfide) groups is 1. The number of nitrogens with one attached hydrogen (secondary N) is 1. The number of H-pyrrole nitrogens is 1. The van der Waals surface area contributed by atoms with Crippen LogP contribution in [0.15, 0.2) is 11.2 Å². The first-order valence-corrected chi connectivity index (χ1v) is 4.77. The number of hydrogen-bond donors (Lipinski definition) is 2. The lowest BCUT2D eigenvalue weighted by atomic mass is 10.3. The molecule has 0 saturated heterocycles. The zero-order valence-electron chi connectivity index (χ0n) is 6.66. The highest BCUT2D eigenvalue weighted by atomic mass is 32.2. The number of hydrogen-bond acceptors (Lipinski definition) is 3. The van der Waals surface area contributed by atoms with Crippen molar-refractivity contribution in [1.82, 2.24) is 9.97 Å². The van der Waals surface area contributed by atoms with Crippen LogP contribution in [0.3, 0.4) is 0 Å². The Morgan fingerprint density at radius 2 is 2.55 bits per heavy atom. The van der Waals surface area contributed by atoms with E-state index < -0.39 is 6.10 Å². The van der Waals surface area contributed by atoms with E-state index in [-0.39, 0.29) is 0 Å². The maximum Gasteiger partial charge on any atom is 0.135 e. The number of rotatable bonds is 3. The molecule has 0 aliphatic heterocycles. The molecule has 1 atom stereocenters. The summed E-state index contributed by atoms with van der Waals surface area (Å²) in [7, 11) is 0. The van der Waals surface area contributed by atoms with Crippen LogP contribution in [0.4, 0.5) is 0 Å². The molecule has 4 heteroatoms. The van der Waals surface area contributed by atoms with Gasteiger partial charge in [0.15, 0.2) is 0 Å². The van der Waals surface area contributed by atoms with Gasteiger partial charge in [-0.2, -0.15) is 0 Å². The predicted octanol–water partition coefficient (Wildman–Crippen LogP) is 1.57. The number of imidazole rings is 1. The average Bonchev–Trinajstić information content (AvgIpc) is 2.50. The molecule has 0 aliphatic rings. The van der Waals surface area contributed by atoms with Crippen molar-refractivity contribution in [2.24, 2.45) is 0 Å². The van der Waals surface area contributed by atoms with Crippen LogP contribution in [0.25, 0.3) is 0 Å². The molecule has 62 valence electrons. The van der Waals surface area contributed by atoms with Gasteiger partial charge >= 0.3 is 0 Å². The van der Waals surface area contributed by atoms with Gasteiger partial charge in [-0.3, -0.25) is 0 Å². The molecule has 0 saturated carbocycles. The Labute approximate surface area is 70.2 Å². The third-order valence-electron chi connectivity index (χ3n) is 1.49. The second-order valence-electron chi connectivity index (χ2n) is 2.26. The second-order valence-corrected chi connectivity index (χ2v) is 3.11. The largest absolute Gasteiger partial charge is 0.385 e. The highest BCUT2D eigenvalue weighted by Gasteiger charge is 2.07. The zero-order chi connectivity index (χ0) is 8.27. The summed E-state index contributed by atoms with van der Waals surface area (Å²) in [5.74, 6) is 0.664. The molecular formula is C7H12N2OS. The van der Waals surface area contributed by atoms with Gasteiger partial charge in [0.25, 0.3) is 0 Å². The third kappa shape index (κ3) is 1.97. The van der Waals surface area contributed by atoms with E-state index >= 15 is 0 Å². The lowest BCUT2D eigenvalue weighted by Gasteiger charge is -2.01. The van der Waals surface area contributed by atoms with Gasteiger partial charge in [0.05, 0.1) is 11.2 Å². The summed E-state index contributed by atoms with van der Waals surface area (Å²) < 4.78 is 0. The lowest BCUT2D eigenvalue weighted by Crippen LogP contribution is -1.96. The molecule has 0 radical (unpaired) electrons. The molecule has 0 spiro atoms. The Hall–Kier alpha value is -0.480. The zero-order valence-corrected chi connectivity index (χ0v) is 7.48. The van der Waals surface area contributed by atoms with Crippen LogP contribution in [-0.4, -0.2) is 21.3 Å². The van der Waals surface area contributed by atoms with E-state index in [1.54, 1.807) is 18.0 Å². The highest BCUT2D eigenvalue weighted by molar-refractivity contribution is 7.98. The normalized spacial score (nSPS) is 13.4. The van der Waals surface area contributed by atoms with E-state index in [4.69, 9.17) is 0 Å². The molecule has 1 aromatic heterocycles. The molecule has 0 aliphatic carbocycles. The van der Waals surface area contributed by atoms with Gasteiger partial charge in [0, 0.05) is 0 Å². The van der Waals surface area contributed by atoms with E-state index in [1.807, 2.05) is 13.2 Å². The average molecular weight is 172 g/mol. The quantitative estimate of drug-likeness (QED) is 0.680. The number of aliphatic hydroxyl groups is 1. The van der Waals surface area contributed by atoms with Gasteiger partial charge in [0.1, 0.15) is 11.9 Å². The van der Waals surface area contributed by atoms with Gasteiger partial charge in [-0.05, 0) is 12.7 Å². The maximum atomic E-state index is 9.34. The Morgan fingerprint density at radius 1 is 1.82 bits per heavy atom. The van der Waals surface area contributed by atoms with Crippen molar-refractivity contribution in [2.75, 3.05) is 6.26 Å². The second kappa shape index (κ2) is 3.78. The summed E-state index contributed by atoms with van der Waals surface area (Å²) in [6.45, 7) is 1.92. The number of aliphatic hydroxyl groups excluding tert-OH is 1. The molecular weight excluding hydrogens is 160 g/mol. The molecule has 0 fully saturated rings. The van der Waals surface area contributed by atoms with E-state index in [9.17, 15) is 5.11 Å². The fourth-order valence-electron chi connectivity index (χ4n) is 0.785. The smallest absolute Gasteiger partial charge is 0.135 e. The van der Waals surface area contributed by atoms with Gasteiger partial charge in [-0.1, -0.05) is 6.92 Å². The van der Waals surface area contributed by atoms with Crippen molar-refractivity contribution in [3.8, 4) is 0 Å². The fraction of sp³-hybridized carbons (Fsp3) is 0.571. The van der Waals surface area contributed by atoms with Gasteiger partial charge in [0.2, 0.25) is 0 Å². The van der Waals surface area contributed by atoms with Gasteiger partial charge < -0.3 is 10.1 Å². The van der Waals surface area contributed by atoms with Gasteiger partial charge in [-0.25, -0.2) is 4.98 Å². The molecule has 0 aromatic carbocycles. The summed E-state index contributed by atoms with van der Waals surface area (Å²) in [5, 5.41) is 10.3. The topological polar surface area (TPSA) is 48.9 Å². The summed E-state index contributed by atoms with van der Waals surface area (Å²) in [6.07, 6.45) is 3.95. The van der Waals surface area contributed by atoms with Crippen molar-refractivity contribution in [1.29, 1.82) is 0 Å². The maximum absolute atomic E-state index is 9.34. The van der Waals surface area contributed by atoms with Crippen LogP contribution < -0.4 is 0 Å². The fourth-order valence-corrected chi connectivity index (χ4v) is 1.15. The van der Waals surface area contributed by atoms with Crippen molar-refractivity contribution >= 4 is 11.8 Å². The Bertz CT molecular complexity index is 224. The first kappa shape index (κ1) is 8.62. The minimum Gasteiger partial charge on any atom is -0.385 e. The Balaban J connectivity index is 2.71. The van der Waals surface area contributed by atoms with Crippen molar-refractivity contribution in [2.45, 2.75) is 24.5 Å². The standard InChI is InChI=1S/C7H12N2OS/c1-3-5(10)7-8-4-6(9-7)11-2/h4-5,10H,3H2,1-2H3,(H,8,9). The number of nitrogens with zero attached hydrogens (tertiary/aromatic N) is 1. The van der Waals surface area contributed by atoms with Gasteiger partial charge in [-0.15, -0.1) is 11.8 Å². The molecule has 1 unspecified atom stereocenters. The van der Waals surface area contributed by atoms with Crippen molar-refractivity contribution in [3.63, 3.8) is 0 Å². The van der Waals surface area contributed by atoms with Crippen molar-refractivity contribution < 1.29 is 5.11 Å². The number of aromatic amines is 1. The van der Waals surface area contributed by atoms with Crippen LogP contribution >= 0.6 is 11.8 Å². The molecule has 11 heavy (non-hydrogen) atoms. The minimum atomic E-state index is -0.448.